The fourth-order valence-corrected chi connectivity index (χ4v) is 1.73. The molecule has 0 aliphatic rings. The Morgan fingerprint density at radius 3 is 2.60 bits per heavy atom. The van der Waals surface area contributed by atoms with Crippen molar-refractivity contribution in [1.29, 1.82) is 0 Å². The Balaban J connectivity index is 2.42. The van der Waals surface area contributed by atoms with Gasteiger partial charge >= 0.3 is 0 Å². The Bertz CT molecular complexity index is 460. The van der Waals surface area contributed by atoms with Gasteiger partial charge in [-0.25, -0.2) is 0 Å². The molecule has 0 aliphatic carbocycles. The van der Waals surface area contributed by atoms with E-state index in [1.54, 1.807) is 13.1 Å². The molecule has 0 saturated carbocycles. The van der Waals surface area contributed by atoms with Crippen LogP contribution in [0.15, 0.2) is 24.3 Å². The number of carbonyl (C=O) groups excluding carboxylic acids is 2. The topological polar surface area (TPSA) is 70.2 Å². The zero-order chi connectivity index (χ0) is 15.0. The molecule has 0 heterocycles. The molecule has 1 aromatic carbocycles. The summed E-state index contributed by atoms with van der Waals surface area (Å²) in [5.74, 6) is -0.215. The highest BCUT2D eigenvalue weighted by atomic mass is 16.2. The first-order chi connectivity index (χ1) is 9.58. The number of nitrogens with one attached hydrogen (secondary N) is 3. The third-order valence-electron chi connectivity index (χ3n) is 3.10. The van der Waals surface area contributed by atoms with Crippen LogP contribution in [0.5, 0.6) is 0 Å². The normalized spacial score (nSPS) is 11.6. The molecule has 1 unspecified atom stereocenters. The first-order valence-corrected chi connectivity index (χ1v) is 6.92. The number of benzene rings is 1. The summed E-state index contributed by atoms with van der Waals surface area (Å²) in [6, 6.07) is 7.43. The molecule has 1 atom stereocenters. The van der Waals surface area contributed by atoms with Crippen molar-refractivity contribution in [2.24, 2.45) is 0 Å². The number of anilines is 1. The number of rotatable bonds is 7. The zero-order valence-electron chi connectivity index (χ0n) is 12.3. The standard InChI is InChI=1S/C15H23N3O2/c1-4-11(2)18-14(19)9-10-17-15(20)12-7-5-6-8-13(12)16-3/h5-8,11,16H,4,9-10H2,1-3H3,(H,17,20)(H,18,19). The quantitative estimate of drug-likeness (QED) is 0.711. The van der Waals surface area contributed by atoms with E-state index in [-0.39, 0.29) is 24.3 Å². The van der Waals surface area contributed by atoms with Gasteiger partial charge in [-0.1, -0.05) is 19.1 Å². The van der Waals surface area contributed by atoms with Gasteiger partial charge in [-0.3, -0.25) is 9.59 Å². The van der Waals surface area contributed by atoms with Crippen LogP contribution in [0.3, 0.4) is 0 Å². The van der Waals surface area contributed by atoms with Crippen LogP contribution in [-0.2, 0) is 4.79 Å². The molecular weight excluding hydrogens is 254 g/mol. The lowest BCUT2D eigenvalue weighted by Crippen LogP contribution is -2.35. The van der Waals surface area contributed by atoms with Crippen molar-refractivity contribution in [1.82, 2.24) is 10.6 Å². The molecule has 0 saturated heterocycles. The second-order valence-electron chi connectivity index (χ2n) is 4.68. The van der Waals surface area contributed by atoms with Crippen molar-refractivity contribution in [2.75, 3.05) is 18.9 Å². The Kier molecular flexibility index (Phi) is 6.56. The van der Waals surface area contributed by atoms with Gasteiger partial charge in [0, 0.05) is 31.7 Å². The van der Waals surface area contributed by atoms with Gasteiger partial charge < -0.3 is 16.0 Å². The lowest BCUT2D eigenvalue weighted by molar-refractivity contribution is -0.121. The summed E-state index contributed by atoms with van der Waals surface area (Å²) in [5.41, 5.74) is 1.35. The van der Waals surface area contributed by atoms with Gasteiger partial charge in [0.25, 0.3) is 5.91 Å². The molecule has 5 heteroatoms. The van der Waals surface area contributed by atoms with Crippen molar-refractivity contribution >= 4 is 17.5 Å². The lowest BCUT2D eigenvalue weighted by Gasteiger charge is -2.12. The molecule has 0 radical (unpaired) electrons. The van der Waals surface area contributed by atoms with Crippen LogP contribution in [0, 0.1) is 0 Å². The average molecular weight is 277 g/mol. The number of hydrogen-bond donors (Lipinski definition) is 3. The Morgan fingerprint density at radius 2 is 1.95 bits per heavy atom. The SMILES string of the molecule is CCC(C)NC(=O)CCNC(=O)c1ccccc1NC. The van der Waals surface area contributed by atoms with Crippen molar-refractivity contribution in [3.05, 3.63) is 29.8 Å². The molecule has 0 bridgehead atoms. The van der Waals surface area contributed by atoms with Gasteiger partial charge in [-0.05, 0) is 25.5 Å². The Labute approximate surface area is 120 Å². The van der Waals surface area contributed by atoms with E-state index in [0.29, 0.717) is 12.1 Å². The van der Waals surface area contributed by atoms with E-state index in [4.69, 9.17) is 0 Å². The van der Waals surface area contributed by atoms with Gasteiger partial charge in [-0.15, -0.1) is 0 Å². The molecule has 2 amide bonds. The van der Waals surface area contributed by atoms with Gasteiger partial charge in [-0.2, -0.15) is 0 Å². The van der Waals surface area contributed by atoms with Crippen LogP contribution in [0.2, 0.25) is 0 Å². The Hall–Kier alpha value is -2.04. The number of carbonyl (C=O) groups is 2. The monoisotopic (exact) mass is 277 g/mol. The summed E-state index contributed by atoms with van der Waals surface area (Å²) in [6.45, 7) is 4.31. The molecule has 1 rings (SSSR count). The van der Waals surface area contributed by atoms with Crippen LogP contribution in [0.4, 0.5) is 5.69 Å². The van der Waals surface area contributed by atoms with E-state index in [1.807, 2.05) is 32.0 Å². The molecule has 0 fully saturated rings. The molecule has 0 aromatic heterocycles. The summed E-state index contributed by atoms with van der Waals surface area (Å²) >= 11 is 0. The maximum Gasteiger partial charge on any atom is 0.253 e. The van der Waals surface area contributed by atoms with Crippen molar-refractivity contribution in [2.45, 2.75) is 32.7 Å². The molecule has 5 nitrogen and oxygen atoms in total. The molecule has 0 aliphatic heterocycles. The first-order valence-electron chi connectivity index (χ1n) is 6.92. The fourth-order valence-electron chi connectivity index (χ4n) is 1.73. The minimum atomic E-state index is -0.175. The van der Waals surface area contributed by atoms with Crippen LogP contribution in [-0.4, -0.2) is 31.4 Å². The smallest absolute Gasteiger partial charge is 0.253 e. The predicted octanol–water partition coefficient (Wildman–Crippen LogP) is 1.76. The summed E-state index contributed by atoms with van der Waals surface area (Å²) in [4.78, 5) is 23.6. The van der Waals surface area contributed by atoms with Gasteiger partial charge in [0.15, 0.2) is 0 Å². The number of para-hydroxylation sites is 1. The number of hydrogen-bond acceptors (Lipinski definition) is 3. The zero-order valence-corrected chi connectivity index (χ0v) is 12.3. The van der Waals surface area contributed by atoms with E-state index in [1.165, 1.54) is 0 Å². The minimum absolute atomic E-state index is 0.0402. The van der Waals surface area contributed by atoms with Gasteiger partial charge in [0.1, 0.15) is 0 Å². The lowest BCUT2D eigenvalue weighted by atomic mass is 10.1. The van der Waals surface area contributed by atoms with Gasteiger partial charge in [0.05, 0.1) is 5.56 Å². The van der Waals surface area contributed by atoms with Crippen LogP contribution < -0.4 is 16.0 Å². The second kappa shape index (κ2) is 8.19. The maximum atomic E-state index is 12.0. The minimum Gasteiger partial charge on any atom is -0.387 e. The summed E-state index contributed by atoms with van der Waals surface area (Å²) in [5, 5.41) is 8.59. The van der Waals surface area contributed by atoms with Crippen molar-refractivity contribution < 1.29 is 9.59 Å². The highest BCUT2D eigenvalue weighted by Crippen LogP contribution is 2.13. The van der Waals surface area contributed by atoms with E-state index in [0.717, 1.165) is 12.1 Å². The molecule has 110 valence electrons. The van der Waals surface area contributed by atoms with E-state index in [2.05, 4.69) is 16.0 Å². The Morgan fingerprint density at radius 1 is 1.25 bits per heavy atom. The second-order valence-corrected chi connectivity index (χ2v) is 4.68. The van der Waals surface area contributed by atoms with E-state index >= 15 is 0 Å². The molecule has 0 spiro atoms. The summed E-state index contributed by atoms with van der Waals surface area (Å²) in [6.07, 6.45) is 1.19. The van der Waals surface area contributed by atoms with Gasteiger partial charge in [0.2, 0.25) is 5.91 Å². The largest absolute Gasteiger partial charge is 0.387 e. The molecule has 3 N–H and O–H groups in total. The van der Waals surface area contributed by atoms with Crippen molar-refractivity contribution in [3.8, 4) is 0 Å². The highest BCUT2D eigenvalue weighted by Gasteiger charge is 2.10. The summed E-state index contributed by atoms with van der Waals surface area (Å²) < 4.78 is 0. The van der Waals surface area contributed by atoms with E-state index in [9.17, 15) is 9.59 Å². The summed E-state index contributed by atoms with van der Waals surface area (Å²) in [7, 11) is 1.77. The maximum absolute atomic E-state index is 12.0. The van der Waals surface area contributed by atoms with E-state index < -0.39 is 0 Å². The van der Waals surface area contributed by atoms with Crippen molar-refractivity contribution in [3.63, 3.8) is 0 Å². The molecular formula is C15H23N3O2. The number of amides is 2. The van der Waals surface area contributed by atoms with Crippen LogP contribution in [0.1, 0.15) is 37.0 Å². The highest BCUT2D eigenvalue weighted by molar-refractivity contribution is 5.99. The average Bonchev–Trinajstić information content (AvgIpc) is 2.46. The first kappa shape index (κ1) is 16.0. The van der Waals surface area contributed by atoms with Crippen LogP contribution >= 0.6 is 0 Å². The van der Waals surface area contributed by atoms with Crippen LogP contribution in [0.25, 0.3) is 0 Å². The third-order valence-corrected chi connectivity index (χ3v) is 3.10. The molecule has 1 aromatic rings. The third kappa shape index (κ3) is 4.91. The fraction of sp³-hybridized carbons (Fsp3) is 0.467. The molecule has 20 heavy (non-hydrogen) atoms. The predicted molar refractivity (Wildman–Crippen MR) is 80.8 cm³/mol.